The van der Waals surface area contributed by atoms with E-state index >= 15 is 0 Å². The maximum absolute atomic E-state index is 12.0. The van der Waals surface area contributed by atoms with Crippen molar-refractivity contribution in [1.29, 1.82) is 0 Å². The zero-order chi connectivity index (χ0) is 20.0. The number of ether oxygens (including phenoxy) is 1. The molecule has 2 rings (SSSR count). The third-order valence-electron chi connectivity index (χ3n) is 3.83. The largest absolute Gasteiger partial charge is 0.494 e. The summed E-state index contributed by atoms with van der Waals surface area (Å²) >= 11 is 1.07. The molecular weight excluding hydrogens is 368 g/mol. The minimum Gasteiger partial charge on any atom is -0.494 e. The van der Waals surface area contributed by atoms with E-state index in [0.717, 1.165) is 11.3 Å². The van der Waals surface area contributed by atoms with Crippen molar-refractivity contribution in [3.05, 3.63) is 45.4 Å². The molecule has 0 fully saturated rings. The molecule has 0 saturated heterocycles. The predicted octanol–water partition coefficient (Wildman–Crippen LogP) is 3.39. The van der Waals surface area contributed by atoms with Gasteiger partial charge in [0.05, 0.1) is 18.3 Å². The maximum atomic E-state index is 12.0. The molecule has 1 unspecified atom stereocenters. The van der Waals surface area contributed by atoms with Crippen molar-refractivity contribution in [3.63, 3.8) is 0 Å². The van der Waals surface area contributed by atoms with Gasteiger partial charge in [0.1, 0.15) is 15.6 Å². The quantitative estimate of drug-likeness (QED) is 0.502. The Balaban J connectivity index is 1.75. The van der Waals surface area contributed by atoms with Crippen LogP contribution < -0.4 is 10.1 Å². The number of carboxylic acid groups (broad SMARTS) is 1. The predicted molar refractivity (Wildman–Crippen MR) is 102 cm³/mol. The fraction of sp³-hybridized carbons (Fsp3) is 0.368. The highest BCUT2D eigenvalue weighted by Crippen LogP contribution is 2.23. The molecule has 0 aliphatic rings. The van der Waals surface area contributed by atoms with Crippen LogP contribution in [0.2, 0.25) is 0 Å². The fourth-order valence-corrected chi connectivity index (χ4v) is 3.29. The van der Waals surface area contributed by atoms with Crippen LogP contribution in [0, 0.1) is 6.92 Å². The number of carbonyl (C=O) groups is 3. The number of amides is 1. The van der Waals surface area contributed by atoms with Gasteiger partial charge < -0.3 is 15.2 Å². The second kappa shape index (κ2) is 9.27. The molecule has 0 bridgehead atoms. The molecule has 0 radical (unpaired) electrons. The number of ketones is 1. The molecule has 0 spiro atoms. The van der Waals surface area contributed by atoms with Crippen LogP contribution in [0.25, 0.3) is 0 Å². The first-order chi connectivity index (χ1) is 12.8. The summed E-state index contributed by atoms with van der Waals surface area (Å²) in [6, 6.07) is 6.50. The van der Waals surface area contributed by atoms with Crippen LogP contribution in [-0.4, -0.2) is 34.4 Å². The van der Waals surface area contributed by atoms with Gasteiger partial charge in [-0.3, -0.25) is 9.59 Å². The van der Waals surface area contributed by atoms with Gasteiger partial charge >= 0.3 is 5.97 Å². The van der Waals surface area contributed by atoms with Gasteiger partial charge in [-0.15, -0.1) is 11.3 Å². The van der Waals surface area contributed by atoms with Crippen molar-refractivity contribution in [2.45, 2.75) is 39.7 Å². The Labute approximate surface area is 161 Å². The summed E-state index contributed by atoms with van der Waals surface area (Å²) in [5.41, 5.74) is 1.08. The Morgan fingerprint density at radius 2 is 1.93 bits per heavy atom. The van der Waals surface area contributed by atoms with E-state index in [1.165, 1.54) is 6.92 Å². The van der Waals surface area contributed by atoms with E-state index in [9.17, 15) is 14.4 Å². The first-order valence-electron chi connectivity index (χ1n) is 8.51. The van der Waals surface area contributed by atoms with E-state index in [4.69, 9.17) is 9.84 Å². The van der Waals surface area contributed by atoms with Gasteiger partial charge in [0.25, 0.3) is 0 Å². The number of Topliss-reactive ketones (excluding diaryl/α,β-unsaturated/α-hetero) is 1. The smallest absolute Gasteiger partial charge is 0.347 e. The summed E-state index contributed by atoms with van der Waals surface area (Å²) < 4.78 is 5.56. The number of rotatable bonds is 9. The number of hydrogen-bond donors (Lipinski definition) is 2. The summed E-state index contributed by atoms with van der Waals surface area (Å²) in [5.74, 6) is -0.516. The molecule has 0 saturated carbocycles. The van der Waals surface area contributed by atoms with E-state index < -0.39 is 5.97 Å². The topological polar surface area (TPSA) is 106 Å². The number of nitrogens with one attached hydrogen (secondary N) is 1. The lowest BCUT2D eigenvalue weighted by Crippen LogP contribution is -2.26. The van der Waals surface area contributed by atoms with E-state index in [-0.39, 0.29) is 29.0 Å². The third kappa shape index (κ3) is 5.89. The molecule has 7 nitrogen and oxygen atoms in total. The first kappa shape index (κ1) is 20.6. The van der Waals surface area contributed by atoms with Crippen molar-refractivity contribution in [2.75, 3.05) is 6.61 Å². The van der Waals surface area contributed by atoms with Gasteiger partial charge in [-0.05, 0) is 51.5 Å². The standard InChI is InChI=1S/C19H22N2O5S/c1-11-17(19(24)25)27-18(21-11)12(2)20-16(23)5-4-10-26-15-8-6-14(7-9-15)13(3)22/h6-9,12H,4-5,10H2,1-3H3,(H,20,23)(H,24,25). The highest BCUT2D eigenvalue weighted by Gasteiger charge is 2.19. The number of thiazole rings is 1. The summed E-state index contributed by atoms with van der Waals surface area (Å²) in [6.07, 6.45) is 0.816. The van der Waals surface area contributed by atoms with Crippen LogP contribution in [0.4, 0.5) is 0 Å². The monoisotopic (exact) mass is 390 g/mol. The molecule has 2 N–H and O–H groups in total. The Morgan fingerprint density at radius 1 is 1.26 bits per heavy atom. The van der Waals surface area contributed by atoms with Crippen molar-refractivity contribution in [3.8, 4) is 5.75 Å². The Kier molecular flexibility index (Phi) is 7.06. The fourth-order valence-electron chi connectivity index (χ4n) is 2.38. The zero-order valence-corrected chi connectivity index (χ0v) is 16.3. The van der Waals surface area contributed by atoms with Gasteiger partial charge in [0.2, 0.25) is 5.91 Å². The lowest BCUT2D eigenvalue weighted by molar-refractivity contribution is -0.121. The molecular formula is C19H22N2O5S. The average molecular weight is 390 g/mol. The molecule has 2 aromatic rings. The molecule has 8 heteroatoms. The molecule has 1 amide bonds. The molecule has 1 aromatic carbocycles. The minimum absolute atomic E-state index is 0.00163. The summed E-state index contributed by atoms with van der Waals surface area (Å²) in [4.78, 5) is 38.7. The molecule has 1 atom stereocenters. The van der Waals surface area contributed by atoms with Crippen molar-refractivity contribution in [1.82, 2.24) is 10.3 Å². The SMILES string of the molecule is CC(=O)c1ccc(OCCCC(=O)NC(C)c2nc(C)c(C(=O)O)s2)cc1. The maximum Gasteiger partial charge on any atom is 0.347 e. The number of carboxylic acids is 1. The van der Waals surface area contributed by atoms with Gasteiger partial charge in [-0.25, -0.2) is 9.78 Å². The zero-order valence-electron chi connectivity index (χ0n) is 15.4. The van der Waals surface area contributed by atoms with Crippen molar-refractivity contribution in [2.24, 2.45) is 0 Å². The molecule has 144 valence electrons. The van der Waals surface area contributed by atoms with E-state index in [2.05, 4.69) is 10.3 Å². The van der Waals surface area contributed by atoms with Crippen molar-refractivity contribution < 1.29 is 24.2 Å². The summed E-state index contributed by atoms with van der Waals surface area (Å²) in [5, 5.41) is 12.5. The highest BCUT2D eigenvalue weighted by atomic mass is 32.1. The van der Waals surface area contributed by atoms with E-state index in [1.807, 2.05) is 0 Å². The molecule has 0 aliphatic heterocycles. The van der Waals surface area contributed by atoms with Crippen molar-refractivity contribution >= 4 is 29.0 Å². The minimum atomic E-state index is -1.01. The van der Waals surface area contributed by atoms with Crippen LogP contribution in [0.3, 0.4) is 0 Å². The average Bonchev–Trinajstić information content (AvgIpc) is 3.01. The molecule has 0 aliphatic carbocycles. The van der Waals surface area contributed by atoms with Gasteiger partial charge in [-0.2, -0.15) is 0 Å². The molecule has 1 aromatic heterocycles. The van der Waals surface area contributed by atoms with Crippen LogP contribution in [0.15, 0.2) is 24.3 Å². The second-order valence-electron chi connectivity index (χ2n) is 6.09. The number of hydrogen-bond acceptors (Lipinski definition) is 6. The Hall–Kier alpha value is -2.74. The van der Waals surface area contributed by atoms with Gasteiger partial charge in [0.15, 0.2) is 5.78 Å². The van der Waals surface area contributed by atoms with Crippen LogP contribution >= 0.6 is 11.3 Å². The van der Waals surface area contributed by atoms with E-state index in [1.54, 1.807) is 38.1 Å². The van der Waals surface area contributed by atoms with E-state index in [0.29, 0.717) is 35.0 Å². The molecule has 1 heterocycles. The lowest BCUT2D eigenvalue weighted by atomic mass is 10.1. The van der Waals surface area contributed by atoms with Gasteiger partial charge in [-0.1, -0.05) is 0 Å². The normalized spacial score (nSPS) is 11.7. The number of aryl methyl sites for hydroxylation is 1. The van der Waals surface area contributed by atoms with Crippen LogP contribution in [0.1, 0.15) is 63.5 Å². The number of carbonyl (C=O) groups excluding carboxylic acids is 2. The third-order valence-corrected chi connectivity index (χ3v) is 5.16. The van der Waals surface area contributed by atoms with Crippen LogP contribution in [0.5, 0.6) is 5.75 Å². The highest BCUT2D eigenvalue weighted by molar-refractivity contribution is 7.13. The first-order valence-corrected chi connectivity index (χ1v) is 9.33. The summed E-state index contributed by atoms with van der Waals surface area (Å²) in [6.45, 7) is 5.29. The number of aromatic nitrogens is 1. The summed E-state index contributed by atoms with van der Waals surface area (Å²) in [7, 11) is 0. The Morgan fingerprint density at radius 3 is 2.48 bits per heavy atom. The number of benzene rings is 1. The van der Waals surface area contributed by atoms with Gasteiger partial charge in [0, 0.05) is 12.0 Å². The molecule has 27 heavy (non-hydrogen) atoms. The van der Waals surface area contributed by atoms with Crippen LogP contribution in [-0.2, 0) is 4.79 Å². The lowest BCUT2D eigenvalue weighted by Gasteiger charge is -2.11. The number of nitrogens with zero attached hydrogens (tertiary/aromatic N) is 1. The Bertz CT molecular complexity index is 829. The second-order valence-corrected chi connectivity index (χ2v) is 7.12. The number of aromatic carboxylic acids is 1.